The summed E-state index contributed by atoms with van der Waals surface area (Å²) in [5.74, 6) is 2.04. The van der Waals surface area contributed by atoms with Gasteiger partial charge >= 0.3 is 0 Å². The van der Waals surface area contributed by atoms with Crippen LogP contribution in [-0.4, -0.2) is 66.7 Å². The van der Waals surface area contributed by atoms with Crippen molar-refractivity contribution in [2.24, 2.45) is 5.92 Å². The molecule has 2 aromatic heterocycles. The van der Waals surface area contributed by atoms with Crippen LogP contribution in [0.15, 0.2) is 18.3 Å². The smallest absolute Gasteiger partial charge is 0.143 e. The van der Waals surface area contributed by atoms with Gasteiger partial charge in [-0.3, -0.25) is 5.10 Å². The molecule has 0 radical (unpaired) electrons. The second-order valence-corrected chi connectivity index (χ2v) is 7.70. The van der Waals surface area contributed by atoms with Gasteiger partial charge < -0.3 is 25.1 Å². The van der Waals surface area contributed by atoms with E-state index in [4.69, 9.17) is 19.9 Å². The number of hydrogen-bond donors (Lipinski definition) is 4. The second kappa shape index (κ2) is 10.1. The van der Waals surface area contributed by atoms with Crippen molar-refractivity contribution in [3.63, 3.8) is 0 Å². The van der Waals surface area contributed by atoms with Crippen LogP contribution in [0.3, 0.4) is 0 Å². The summed E-state index contributed by atoms with van der Waals surface area (Å²) in [5.41, 5.74) is 0.595. The quantitative estimate of drug-likeness (QED) is 0.400. The molecule has 166 valence electrons. The first kappa shape index (κ1) is 23.1. The molecule has 2 aromatic rings. The lowest BCUT2D eigenvalue weighted by atomic mass is 9.70. The average Bonchev–Trinajstić information content (AvgIpc) is 3.26. The Hall–Kier alpha value is -2.61. The van der Waals surface area contributed by atoms with Gasteiger partial charge in [0.25, 0.3) is 0 Å². The summed E-state index contributed by atoms with van der Waals surface area (Å²) >= 11 is 3.53. The fourth-order valence-corrected chi connectivity index (χ4v) is 3.82. The molecule has 10 heteroatoms. The molecule has 0 saturated carbocycles. The highest BCUT2D eigenvalue weighted by Crippen LogP contribution is 2.41. The Morgan fingerprint density at radius 1 is 1.39 bits per heavy atom. The number of H-pyrrole nitrogens is 1. The van der Waals surface area contributed by atoms with Gasteiger partial charge in [0.1, 0.15) is 17.5 Å². The summed E-state index contributed by atoms with van der Waals surface area (Å²) in [6, 6.07) is 6.41. The number of nitrogens with one attached hydrogen (secondary N) is 3. The van der Waals surface area contributed by atoms with Crippen molar-refractivity contribution >= 4 is 36.3 Å². The third-order valence-corrected chi connectivity index (χ3v) is 5.85. The summed E-state index contributed by atoms with van der Waals surface area (Å²) in [7, 11) is 0. The molecule has 2 aliphatic heterocycles. The Kier molecular flexibility index (Phi) is 7.54. The molecule has 9 nitrogen and oxygen atoms in total. The highest BCUT2D eigenvalue weighted by molar-refractivity contribution is 7.79. The zero-order valence-electron chi connectivity index (χ0n) is 18.1. The van der Waals surface area contributed by atoms with Crippen molar-refractivity contribution in [1.29, 1.82) is 10.7 Å². The van der Waals surface area contributed by atoms with E-state index in [0.29, 0.717) is 43.6 Å². The van der Waals surface area contributed by atoms with Gasteiger partial charge in [-0.1, -0.05) is 0 Å². The Bertz CT molecular complexity index is 927. The molecule has 0 aliphatic carbocycles. The largest absolute Gasteiger partial charge is 0.381 e. The zero-order chi connectivity index (χ0) is 22.4. The molecule has 31 heavy (non-hydrogen) atoms. The predicted octanol–water partition coefficient (Wildman–Crippen LogP) is 2.74. The Morgan fingerprint density at radius 3 is 2.71 bits per heavy atom. The zero-order valence-corrected chi connectivity index (χ0v) is 18.9. The van der Waals surface area contributed by atoms with Crippen LogP contribution in [0.5, 0.6) is 0 Å². The van der Waals surface area contributed by atoms with Crippen LogP contribution >= 0.6 is 12.6 Å². The molecule has 0 spiro atoms. The van der Waals surface area contributed by atoms with Gasteiger partial charge in [-0.15, -0.1) is 0 Å². The van der Waals surface area contributed by atoms with Crippen molar-refractivity contribution in [3.8, 4) is 6.07 Å². The van der Waals surface area contributed by atoms with E-state index in [0.717, 1.165) is 17.9 Å². The summed E-state index contributed by atoms with van der Waals surface area (Å²) in [4.78, 5) is 7.01. The lowest BCUT2D eigenvalue weighted by Crippen LogP contribution is -2.46. The fraction of sp³-hybridized carbons (Fsp3) is 0.524. The molecule has 4 rings (SSSR count). The number of rotatable bonds is 6. The number of morpholine rings is 1. The first-order valence-electron chi connectivity index (χ1n) is 10.2. The van der Waals surface area contributed by atoms with Gasteiger partial charge in [0.2, 0.25) is 0 Å². The summed E-state index contributed by atoms with van der Waals surface area (Å²) in [6.45, 7) is 7.07. The Morgan fingerprint density at radius 2 is 2.16 bits per heavy atom. The third kappa shape index (κ3) is 4.54. The number of nitrogens with zero attached hydrogens (tertiary/aromatic N) is 4. The monoisotopic (exact) mass is 443 g/mol. The molecule has 0 amide bonds. The number of hydrogen-bond acceptors (Lipinski definition) is 9. The molecule has 2 unspecified atom stereocenters. The number of pyridine rings is 1. The minimum absolute atomic E-state index is 0.0727. The highest BCUT2D eigenvalue weighted by atomic mass is 32.1. The van der Waals surface area contributed by atoms with E-state index < -0.39 is 5.41 Å². The van der Waals surface area contributed by atoms with Gasteiger partial charge in [-0.2, -0.15) is 23.0 Å². The van der Waals surface area contributed by atoms with Crippen LogP contribution < -0.4 is 10.2 Å². The normalized spacial score (nSPS) is 20.5. The lowest BCUT2D eigenvalue weighted by Gasteiger charge is -2.40. The second-order valence-electron chi connectivity index (χ2n) is 7.70. The summed E-state index contributed by atoms with van der Waals surface area (Å²) in [5, 5.41) is 28.3. The molecular formula is C21H29N7O2S. The molecule has 3 N–H and O–H groups in total. The van der Waals surface area contributed by atoms with E-state index in [1.165, 1.54) is 6.21 Å². The molecule has 2 aliphatic rings. The number of ether oxygens (including phenoxy) is 2. The SMILES string of the molecule is CC1COCCN1c1cc(C(C)(C#N)C2COC2)c(C=N)c(Nc2ccn[nH]2)n1.CS. The van der Waals surface area contributed by atoms with E-state index in [2.05, 4.69) is 46.0 Å². The lowest BCUT2D eigenvalue weighted by molar-refractivity contribution is -0.0563. The molecule has 0 aromatic carbocycles. The number of nitriles is 1. The van der Waals surface area contributed by atoms with Gasteiger partial charge in [0.05, 0.1) is 50.2 Å². The molecule has 4 heterocycles. The minimum Gasteiger partial charge on any atom is -0.381 e. The highest BCUT2D eigenvalue weighted by Gasteiger charge is 2.43. The maximum absolute atomic E-state index is 10.1. The van der Waals surface area contributed by atoms with Crippen LogP contribution in [0.2, 0.25) is 0 Å². The first-order valence-corrected chi connectivity index (χ1v) is 11.1. The number of aromatic nitrogens is 3. The maximum Gasteiger partial charge on any atom is 0.143 e. The summed E-state index contributed by atoms with van der Waals surface area (Å²) < 4.78 is 11.0. The van der Waals surface area contributed by atoms with E-state index in [1.807, 2.05) is 13.0 Å². The van der Waals surface area contributed by atoms with E-state index >= 15 is 0 Å². The van der Waals surface area contributed by atoms with Crippen molar-refractivity contribution < 1.29 is 9.47 Å². The molecule has 2 atom stereocenters. The van der Waals surface area contributed by atoms with Gasteiger partial charge in [0, 0.05) is 30.3 Å². The minimum atomic E-state index is -0.789. The van der Waals surface area contributed by atoms with Gasteiger partial charge in [0.15, 0.2) is 0 Å². The van der Waals surface area contributed by atoms with E-state index in [1.54, 1.807) is 18.5 Å². The van der Waals surface area contributed by atoms with Crippen LogP contribution in [0, 0.1) is 22.7 Å². The standard InChI is InChI=1S/C20H25N7O2.CH4S/c1-13-9-28-6-5-27(13)18-7-16(20(2,12-22)14-10-29-11-14)15(8-21)19(25-18)24-17-3-4-23-26-17;1-2/h3-4,7-8,13-14,21H,5-6,9-11H2,1-2H3,(H2,23,24,25,26);2H,1H3. The first-order chi connectivity index (χ1) is 15.1. The van der Waals surface area contributed by atoms with Crippen molar-refractivity contribution in [2.45, 2.75) is 25.3 Å². The number of anilines is 3. The molecule has 2 fully saturated rings. The summed E-state index contributed by atoms with van der Waals surface area (Å²) in [6.07, 6.45) is 4.61. The predicted molar refractivity (Wildman–Crippen MR) is 124 cm³/mol. The van der Waals surface area contributed by atoms with Crippen molar-refractivity contribution in [2.75, 3.05) is 49.4 Å². The van der Waals surface area contributed by atoms with Crippen LogP contribution in [0.4, 0.5) is 17.5 Å². The van der Waals surface area contributed by atoms with Gasteiger partial charge in [-0.25, -0.2) is 4.98 Å². The molecule has 0 bridgehead atoms. The Balaban J connectivity index is 0.00000132. The van der Waals surface area contributed by atoms with Crippen LogP contribution in [-0.2, 0) is 14.9 Å². The Labute approximate surface area is 188 Å². The van der Waals surface area contributed by atoms with E-state index in [-0.39, 0.29) is 12.0 Å². The average molecular weight is 444 g/mol. The van der Waals surface area contributed by atoms with Crippen LogP contribution in [0.25, 0.3) is 0 Å². The number of aromatic amines is 1. The van der Waals surface area contributed by atoms with Crippen LogP contribution in [0.1, 0.15) is 25.0 Å². The van der Waals surface area contributed by atoms with Gasteiger partial charge in [-0.05, 0) is 31.7 Å². The maximum atomic E-state index is 10.1. The third-order valence-electron chi connectivity index (χ3n) is 5.85. The van der Waals surface area contributed by atoms with Crippen molar-refractivity contribution in [1.82, 2.24) is 15.2 Å². The van der Waals surface area contributed by atoms with Crippen molar-refractivity contribution in [3.05, 3.63) is 29.5 Å². The van der Waals surface area contributed by atoms with E-state index in [9.17, 15) is 5.26 Å². The number of thiol groups is 1. The molecule has 2 saturated heterocycles. The topological polar surface area (TPSA) is 123 Å². The molecular weight excluding hydrogens is 414 g/mol. The fourth-order valence-electron chi connectivity index (χ4n) is 3.82.